The van der Waals surface area contributed by atoms with Gasteiger partial charge in [0, 0.05) is 35.7 Å². The van der Waals surface area contributed by atoms with Gasteiger partial charge in [-0.3, -0.25) is 9.69 Å². The highest BCUT2D eigenvalue weighted by Gasteiger charge is 2.28. The third-order valence-corrected chi connectivity index (χ3v) is 6.05. The molecule has 2 aromatic carbocycles. The molecule has 29 heavy (non-hydrogen) atoms. The van der Waals surface area contributed by atoms with Crippen LogP contribution in [0.15, 0.2) is 48.5 Å². The number of fused-ring (bicyclic) bond motifs is 3. The van der Waals surface area contributed by atoms with E-state index in [9.17, 15) is 4.79 Å². The number of benzene rings is 2. The van der Waals surface area contributed by atoms with Gasteiger partial charge in [-0.25, -0.2) is 0 Å². The fourth-order valence-corrected chi connectivity index (χ4v) is 4.46. The first-order valence-electron chi connectivity index (χ1n) is 10.1. The molecule has 1 aliphatic rings. The molecule has 3 aromatic rings. The van der Waals surface area contributed by atoms with Crippen LogP contribution in [-0.4, -0.2) is 42.7 Å². The van der Waals surface area contributed by atoms with Gasteiger partial charge in [-0.05, 0) is 49.2 Å². The summed E-state index contributed by atoms with van der Waals surface area (Å²) in [6.45, 7) is 1.85. The maximum atomic E-state index is 12.1. The molecular weight excluding hydrogens is 364 g/mol. The Morgan fingerprint density at radius 1 is 1.17 bits per heavy atom. The van der Waals surface area contributed by atoms with Crippen LogP contribution in [-0.2, 0) is 35.5 Å². The van der Waals surface area contributed by atoms with Crippen molar-refractivity contribution in [3.8, 4) is 5.75 Å². The Kier molecular flexibility index (Phi) is 5.58. The van der Waals surface area contributed by atoms with Gasteiger partial charge in [0.05, 0.1) is 20.6 Å². The van der Waals surface area contributed by atoms with Crippen molar-refractivity contribution in [2.75, 3.05) is 21.3 Å². The zero-order valence-corrected chi connectivity index (χ0v) is 17.4. The lowest BCUT2D eigenvalue weighted by Gasteiger charge is -2.33. The third-order valence-electron chi connectivity index (χ3n) is 6.05. The molecule has 0 amide bonds. The zero-order chi connectivity index (χ0) is 20.4. The molecule has 1 unspecified atom stereocenters. The summed E-state index contributed by atoms with van der Waals surface area (Å²) in [5, 5.41) is 1.09. The molecule has 152 valence electrons. The summed E-state index contributed by atoms with van der Waals surface area (Å²) < 4.78 is 12.8. The molecule has 1 aromatic heterocycles. The van der Waals surface area contributed by atoms with E-state index in [0.29, 0.717) is 12.5 Å². The SMILES string of the molecule is COC(=O)Cc1c2n(c3ccc(OC)cc13)CC(N(C)Cc1ccccc1)CC2. The number of esters is 1. The second-order valence-corrected chi connectivity index (χ2v) is 7.77. The number of hydrogen-bond acceptors (Lipinski definition) is 4. The molecule has 0 radical (unpaired) electrons. The van der Waals surface area contributed by atoms with Crippen LogP contribution in [0.2, 0.25) is 0 Å². The van der Waals surface area contributed by atoms with Crippen LogP contribution in [0, 0.1) is 0 Å². The minimum Gasteiger partial charge on any atom is -0.497 e. The quantitative estimate of drug-likeness (QED) is 0.599. The molecule has 5 nitrogen and oxygen atoms in total. The van der Waals surface area contributed by atoms with Crippen LogP contribution < -0.4 is 4.74 Å². The average molecular weight is 392 g/mol. The second-order valence-electron chi connectivity index (χ2n) is 7.77. The van der Waals surface area contributed by atoms with Crippen molar-refractivity contribution in [3.63, 3.8) is 0 Å². The minimum absolute atomic E-state index is 0.202. The number of carbonyl (C=O) groups is 1. The van der Waals surface area contributed by atoms with E-state index in [1.54, 1.807) is 7.11 Å². The Morgan fingerprint density at radius 3 is 2.69 bits per heavy atom. The van der Waals surface area contributed by atoms with Gasteiger partial charge in [-0.2, -0.15) is 0 Å². The Balaban J connectivity index is 1.66. The van der Waals surface area contributed by atoms with E-state index in [1.165, 1.54) is 18.4 Å². The predicted molar refractivity (Wildman–Crippen MR) is 114 cm³/mol. The fraction of sp³-hybridized carbons (Fsp3) is 0.375. The second kappa shape index (κ2) is 8.29. The third kappa shape index (κ3) is 3.87. The summed E-state index contributed by atoms with van der Waals surface area (Å²) in [4.78, 5) is 14.5. The van der Waals surface area contributed by atoms with E-state index in [4.69, 9.17) is 9.47 Å². The molecule has 1 atom stereocenters. The van der Waals surface area contributed by atoms with Crippen molar-refractivity contribution < 1.29 is 14.3 Å². The van der Waals surface area contributed by atoms with Gasteiger partial charge in [0.25, 0.3) is 0 Å². The van der Waals surface area contributed by atoms with Gasteiger partial charge >= 0.3 is 5.97 Å². The van der Waals surface area contributed by atoms with Gasteiger partial charge in [-0.1, -0.05) is 30.3 Å². The molecule has 0 aliphatic carbocycles. The average Bonchev–Trinajstić information content (AvgIpc) is 3.06. The summed E-state index contributed by atoms with van der Waals surface area (Å²) in [6, 6.07) is 17.2. The van der Waals surface area contributed by atoms with Gasteiger partial charge in [-0.15, -0.1) is 0 Å². The lowest BCUT2D eigenvalue weighted by molar-refractivity contribution is -0.139. The zero-order valence-electron chi connectivity index (χ0n) is 17.4. The number of ether oxygens (including phenoxy) is 2. The van der Waals surface area contributed by atoms with Crippen LogP contribution in [0.5, 0.6) is 5.75 Å². The van der Waals surface area contributed by atoms with Gasteiger partial charge in [0.15, 0.2) is 0 Å². The van der Waals surface area contributed by atoms with E-state index in [-0.39, 0.29) is 5.97 Å². The first-order chi connectivity index (χ1) is 14.1. The molecule has 1 aliphatic heterocycles. The highest BCUT2D eigenvalue weighted by molar-refractivity contribution is 5.90. The Labute approximate surface area is 171 Å². The number of rotatable bonds is 6. The monoisotopic (exact) mass is 392 g/mol. The molecule has 5 heteroatoms. The molecule has 0 bridgehead atoms. The van der Waals surface area contributed by atoms with Crippen molar-refractivity contribution in [2.45, 2.75) is 38.4 Å². The summed E-state index contributed by atoms with van der Waals surface area (Å²) >= 11 is 0. The number of carbonyl (C=O) groups excluding carboxylic acids is 1. The smallest absolute Gasteiger partial charge is 0.310 e. The molecule has 4 rings (SSSR count). The number of nitrogens with zero attached hydrogens (tertiary/aromatic N) is 2. The lowest BCUT2D eigenvalue weighted by Crippen LogP contribution is -2.38. The topological polar surface area (TPSA) is 43.7 Å². The van der Waals surface area contributed by atoms with Crippen LogP contribution in [0.3, 0.4) is 0 Å². The fourth-order valence-electron chi connectivity index (χ4n) is 4.46. The highest BCUT2D eigenvalue weighted by Crippen LogP contribution is 2.34. The van der Waals surface area contributed by atoms with E-state index < -0.39 is 0 Å². The van der Waals surface area contributed by atoms with Crippen LogP contribution in [0.4, 0.5) is 0 Å². The van der Waals surface area contributed by atoms with Crippen LogP contribution >= 0.6 is 0 Å². The van der Waals surface area contributed by atoms with Crippen LogP contribution in [0.1, 0.15) is 23.2 Å². The molecule has 2 heterocycles. The summed E-state index contributed by atoms with van der Waals surface area (Å²) in [6.07, 6.45) is 2.32. The van der Waals surface area contributed by atoms with Crippen molar-refractivity contribution in [1.82, 2.24) is 9.47 Å². The van der Waals surface area contributed by atoms with Crippen LogP contribution in [0.25, 0.3) is 10.9 Å². The number of likely N-dealkylation sites (N-methyl/N-ethyl adjacent to an activating group) is 1. The normalized spacial score (nSPS) is 16.1. The van der Waals surface area contributed by atoms with E-state index in [2.05, 4.69) is 52.9 Å². The van der Waals surface area contributed by atoms with Crippen molar-refractivity contribution in [3.05, 3.63) is 65.4 Å². The highest BCUT2D eigenvalue weighted by atomic mass is 16.5. The van der Waals surface area contributed by atoms with Crippen molar-refractivity contribution >= 4 is 16.9 Å². The van der Waals surface area contributed by atoms with Gasteiger partial charge in [0.1, 0.15) is 5.75 Å². The Morgan fingerprint density at radius 2 is 1.97 bits per heavy atom. The van der Waals surface area contributed by atoms with Crippen molar-refractivity contribution in [2.24, 2.45) is 0 Å². The lowest BCUT2D eigenvalue weighted by atomic mass is 9.99. The largest absolute Gasteiger partial charge is 0.497 e. The maximum absolute atomic E-state index is 12.1. The standard InChI is InChI=1S/C24H28N2O3/c1-25(15-17-7-5-4-6-8-17)18-9-11-22-21(14-24(27)29-3)20-13-19(28-2)10-12-23(20)26(22)16-18/h4-8,10,12-13,18H,9,11,14-16H2,1-3H3. The first kappa shape index (κ1) is 19.5. The number of aromatic nitrogens is 1. The molecule has 0 fully saturated rings. The molecular formula is C24H28N2O3. The summed E-state index contributed by atoms with van der Waals surface area (Å²) in [5.74, 6) is 0.607. The minimum atomic E-state index is -0.202. The van der Waals surface area contributed by atoms with E-state index in [1.807, 2.05) is 12.1 Å². The first-order valence-corrected chi connectivity index (χ1v) is 10.1. The Hall–Kier alpha value is -2.79. The van der Waals surface area contributed by atoms with Crippen molar-refractivity contribution in [1.29, 1.82) is 0 Å². The van der Waals surface area contributed by atoms with E-state index >= 15 is 0 Å². The van der Waals surface area contributed by atoms with Gasteiger partial charge in [0.2, 0.25) is 0 Å². The molecule has 0 N–H and O–H groups in total. The van der Waals surface area contributed by atoms with E-state index in [0.717, 1.165) is 48.1 Å². The molecule has 0 saturated heterocycles. The maximum Gasteiger partial charge on any atom is 0.310 e. The molecule has 0 saturated carbocycles. The number of methoxy groups -OCH3 is 2. The predicted octanol–water partition coefficient (Wildman–Crippen LogP) is 3.81. The van der Waals surface area contributed by atoms with Gasteiger partial charge < -0.3 is 14.0 Å². The molecule has 0 spiro atoms. The Bertz CT molecular complexity index is 1010. The number of hydrogen-bond donors (Lipinski definition) is 0. The summed E-state index contributed by atoms with van der Waals surface area (Å²) in [5.41, 5.74) is 4.82. The summed E-state index contributed by atoms with van der Waals surface area (Å²) in [7, 11) is 5.32.